The molecule has 0 amide bonds. The first kappa shape index (κ1) is 19.0. The molecule has 0 N–H and O–H groups in total. The Labute approximate surface area is 163 Å². The van der Waals surface area contributed by atoms with Crippen LogP contribution in [0.2, 0.25) is 0 Å². The highest BCUT2D eigenvalue weighted by Gasteiger charge is 2.16. The van der Waals surface area contributed by atoms with Crippen molar-refractivity contribution in [2.75, 3.05) is 11.9 Å². The summed E-state index contributed by atoms with van der Waals surface area (Å²) in [6.07, 6.45) is 0. The maximum absolute atomic E-state index is 5.96. The van der Waals surface area contributed by atoms with E-state index in [-0.39, 0.29) is 0 Å². The van der Waals surface area contributed by atoms with Gasteiger partial charge in [0.1, 0.15) is 11.5 Å². The van der Waals surface area contributed by atoms with Crippen LogP contribution in [0.3, 0.4) is 0 Å². The number of nitrogens with zero attached hydrogens (tertiary/aromatic N) is 1. The second-order valence-electron chi connectivity index (χ2n) is 7.44. The molecule has 0 fully saturated rings. The minimum Gasteiger partial charge on any atom is -0.457 e. The van der Waals surface area contributed by atoms with Gasteiger partial charge >= 0.3 is 0 Å². The van der Waals surface area contributed by atoms with Crippen molar-refractivity contribution in [3.05, 3.63) is 81.9 Å². The van der Waals surface area contributed by atoms with Crippen molar-refractivity contribution in [1.82, 2.24) is 0 Å². The van der Waals surface area contributed by atoms with Gasteiger partial charge in [-0.05, 0) is 106 Å². The lowest BCUT2D eigenvalue weighted by molar-refractivity contribution is 0.482. The molecular formula is C25H29NO. The quantitative estimate of drug-likeness (QED) is 0.492. The number of ether oxygens (including phenoxy) is 1. The molecule has 0 aliphatic rings. The number of hydrogen-bond donors (Lipinski definition) is 0. The van der Waals surface area contributed by atoms with Crippen molar-refractivity contribution in [3.63, 3.8) is 0 Å². The largest absolute Gasteiger partial charge is 0.457 e. The number of aryl methyl sites for hydroxylation is 1. The van der Waals surface area contributed by atoms with Crippen molar-refractivity contribution < 1.29 is 4.74 Å². The zero-order valence-corrected chi connectivity index (χ0v) is 17.5. The van der Waals surface area contributed by atoms with E-state index < -0.39 is 0 Å². The SMILES string of the molecule is Cc1ccc(Oc2ccc(N(C)c3c(C)c(C)c(C)c(C)c3C)cc2)cc1. The van der Waals surface area contributed by atoms with Gasteiger partial charge in [-0.25, -0.2) is 0 Å². The van der Waals surface area contributed by atoms with Crippen LogP contribution in [0, 0.1) is 41.5 Å². The molecule has 140 valence electrons. The maximum atomic E-state index is 5.96. The summed E-state index contributed by atoms with van der Waals surface area (Å²) in [6.45, 7) is 13.2. The normalized spacial score (nSPS) is 10.8. The van der Waals surface area contributed by atoms with Crippen LogP contribution in [-0.2, 0) is 0 Å². The fraction of sp³-hybridized carbons (Fsp3) is 0.280. The van der Waals surface area contributed by atoms with Gasteiger partial charge in [0.15, 0.2) is 0 Å². The van der Waals surface area contributed by atoms with Crippen LogP contribution in [-0.4, -0.2) is 7.05 Å². The number of benzene rings is 3. The highest BCUT2D eigenvalue weighted by Crippen LogP contribution is 2.36. The first-order valence-corrected chi connectivity index (χ1v) is 9.45. The Morgan fingerprint density at radius 1 is 0.556 bits per heavy atom. The first-order valence-electron chi connectivity index (χ1n) is 9.45. The molecule has 0 bridgehead atoms. The zero-order valence-electron chi connectivity index (χ0n) is 17.5. The molecule has 0 aliphatic heterocycles. The highest BCUT2D eigenvalue weighted by atomic mass is 16.5. The lowest BCUT2D eigenvalue weighted by Crippen LogP contribution is -2.14. The molecule has 0 spiro atoms. The monoisotopic (exact) mass is 359 g/mol. The summed E-state index contributed by atoms with van der Waals surface area (Å²) in [4.78, 5) is 2.28. The predicted molar refractivity (Wildman–Crippen MR) is 116 cm³/mol. The number of rotatable bonds is 4. The lowest BCUT2D eigenvalue weighted by atomic mass is 9.92. The molecule has 0 saturated heterocycles. The van der Waals surface area contributed by atoms with Gasteiger partial charge in [-0.15, -0.1) is 0 Å². The number of anilines is 2. The van der Waals surface area contributed by atoms with Crippen LogP contribution >= 0.6 is 0 Å². The van der Waals surface area contributed by atoms with E-state index in [1.54, 1.807) is 0 Å². The molecule has 2 heteroatoms. The summed E-state index contributed by atoms with van der Waals surface area (Å²) < 4.78 is 5.96. The van der Waals surface area contributed by atoms with Crippen LogP contribution < -0.4 is 9.64 Å². The van der Waals surface area contributed by atoms with Crippen LogP contribution in [0.1, 0.15) is 33.4 Å². The lowest BCUT2D eigenvalue weighted by Gasteiger charge is -2.27. The van der Waals surface area contributed by atoms with Crippen molar-refractivity contribution >= 4 is 11.4 Å². The van der Waals surface area contributed by atoms with Crippen LogP contribution in [0.15, 0.2) is 48.5 Å². The van der Waals surface area contributed by atoms with Crippen LogP contribution in [0.4, 0.5) is 11.4 Å². The van der Waals surface area contributed by atoms with E-state index in [2.05, 4.69) is 77.8 Å². The molecule has 0 aromatic heterocycles. The molecule has 3 rings (SSSR count). The zero-order chi connectivity index (χ0) is 19.7. The average Bonchev–Trinajstić information content (AvgIpc) is 2.67. The average molecular weight is 360 g/mol. The van der Waals surface area contributed by atoms with E-state index in [1.807, 2.05) is 24.3 Å². The minimum atomic E-state index is 0.848. The van der Waals surface area contributed by atoms with E-state index in [1.165, 1.54) is 39.1 Å². The second-order valence-corrected chi connectivity index (χ2v) is 7.44. The predicted octanol–water partition coefficient (Wildman–Crippen LogP) is 7.10. The Hall–Kier alpha value is -2.74. The highest BCUT2D eigenvalue weighted by molar-refractivity contribution is 5.73. The molecule has 0 radical (unpaired) electrons. The topological polar surface area (TPSA) is 12.5 Å². The third-order valence-corrected chi connectivity index (χ3v) is 5.78. The van der Waals surface area contributed by atoms with Crippen molar-refractivity contribution in [2.45, 2.75) is 41.5 Å². The van der Waals surface area contributed by atoms with Crippen LogP contribution in [0.25, 0.3) is 0 Å². The molecule has 27 heavy (non-hydrogen) atoms. The van der Waals surface area contributed by atoms with Gasteiger partial charge in [-0.3, -0.25) is 0 Å². The Morgan fingerprint density at radius 2 is 0.963 bits per heavy atom. The summed E-state index contributed by atoms with van der Waals surface area (Å²) in [7, 11) is 2.14. The van der Waals surface area contributed by atoms with Crippen molar-refractivity contribution in [3.8, 4) is 11.5 Å². The standard InChI is InChI=1S/C25H29NO/c1-16-8-12-23(13-9-16)27-24-14-10-22(11-15-24)26(7)25-20(5)18(3)17(2)19(4)21(25)6/h8-15H,1-7H3. The maximum Gasteiger partial charge on any atom is 0.127 e. The third kappa shape index (κ3) is 3.71. The van der Waals surface area contributed by atoms with Gasteiger partial charge in [0, 0.05) is 18.4 Å². The van der Waals surface area contributed by atoms with Crippen molar-refractivity contribution in [2.24, 2.45) is 0 Å². The molecule has 0 unspecified atom stereocenters. The van der Waals surface area contributed by atoms with Gasteiger partial charge in [0.25, 0.3) is 0 Å². The van der Waals surface area contributed by atoms with E-state index in [4.69, 9.17) is 4.74 Å². The van der Waals surface area contributed by atoms with E-state index in [9.17, 15) is 0 Å². The summed E-state index contributed by atoms with van der Waals surface area (Å²) in [6, 6.07) is 16.4. The summed E-state index contributed by atoms with van der Waals surface area (Å²) in [5.41, 5.74) is 10.5. The Kier molecular flexibility index (Phi) is 5.27. The molecule has 0 atom stereocenters. The summed E-state index contributed by atoms with van der Waals surface area (Å²) >= 11 is 0. The fourth-order valence-corrected chi connectivity index (χ4v) is 3.59. The van der Waals surface area contributed by atoms with Gasteiger partial charge in [0.05, 0.1) is 0 Å². The number of hydrogen-bond acceptors (Lipinski definition) is 2. The molecule has 0 aliphatic carbocycles. The molecule has 0 saturated carbocycles. The molecular weight excluding hydrogens is 330 g/mol. The second kappa shape index (κ2) is 7.48. The van der Waals surface area contributed by atoms with E-state index >= 15 is 0 Å². The smallest absolute Gasteiger partial charge is 0.127 e. The molecule has 3 aromatic carbocycles. The van der Waals surface area contributed by atoms with E-state index in [0.29, 0.717) is 0 Å². The molecule has 3 aromatic rings. The van der Waals surface area contributed by atoms with Crippen LogP contribution in [0.5, 0.6) is 11.5 Å². The van der Waals surface area contributed by atoms with Gasteiger partial charge < -0.3 is 9.64 Å². The fourth-order valence-electron chi connectivity index (χ4n) is 3.59. The summed E-state index contributed by atoms with van der Waals surface area (Å²) in [5.74, 6) is 1.71. The first-order chi connectivity index (χ1) is 12.8. The third-order valence-electron chi connectivity index (χ3n) is 5.78. The minimum absolute atomic E-state index is 0.848. The summed E-state index contributed by atoms with van der Waals surface area (Å²) in [5, 5.41) is 0. The van der Waals surface area contributed by atoms with Crippen molar-refractivity contribution in [1.29, 1.82) is 0 Å². The van der Waals surface area contributed by atoms with E-state index in [0.717, 1.165) is 17.2 Å². The Balaban J connectivity index is 1.88. The Bertz CT molecular complexity index is 924. The van der Waals surface area contributed by atoms with Gasteiger partial charge in [0.2, 0.25) is 0 Å². The Morgan fingerprint density at radius 3 is 1.44 bits per heavy atom. The molecule has 2 nitrogen and oxygen atoms in total. The van der Waals surface area contributed by atoms with Gasteiger partial charge in [-0.2, -0.15) is 0 Å². The molecule has 0 heterocycles. The van der Waals surface area contributed by atoms with Gasteiger partial charge in [-0.1, -0.05) is 17.7 Å².